The molecule has 0 radical (unpaired) electrons. The molecule has 41 heavy (non-hydrogen) atoms. The number of hydrogen-bond donors (Lipinski definition) is 5. The molecule has 0 fully saturated rings. The molecule has 5 rings (SSSR count). The number of benzene rings is 2. The molecule has 1 aliphatic rings. The summed E-state index contributed by atoms with van der Waals surface area (Å²) >= 11 is 0. The second-order valence-corrected chi connectivity index (χ2v) is 8.75. The first kappa shape index (κ1) is 27.3. The number of aryl methyl sites for hydroxylation is 1. The van der Waals surface area contributed by atoms with Crippen LogP contribution in [0.5, 0.6) is 5.75 Å². The van der Waals surface area contributed by atoms with Gasteiger partial charge in [-0.25, -0.2) is 14.3 Å². The third kappa shape index (κ3) is 5.17. The van der Waals surface area contributed by atoms with E-state index in [0.29, 0.717) is 22.3 Å². The first-order chi connectivity index (χ1) is 19.5. The van der Waals surface area contributed by atoms with Gasteiger partial charge in [-0.3, -0.25) is 5.41 Å². The lowest BCUT2D eigenvalue weighted by atomic mass is 10.2. The Morgan fingerprint density at radius 1 is 1.07 bits per heavy atom. The Hall–Kier alpha value is -5.31. The predicted octanol–water partition coefficient (Wildman–Crippen LogP) is 3.74. The van der Waals surface area contributed by atoms with Crippen LogP contribution in [0, 0.1) is 12.3 Å². The predicted molar refractivity (Wildman–Crippen MR) is 136 cm³/mol. The van der Waals surface area contributed by atoms with Crippen LogP contribution in [0.2, 0.25) is 0 Å². The summed E-state index contributed by atoms with van der Waals surface area (Å²) in [5, 5.41) is 56.2. The van der Waals surface area contributed by atoms with Gasteiger partial charge in [0.05, 0.1) is 35.2 Å². The third-order valence-corrected chi connectivity index (χ3v) is 6.03. The molecule has 12 nitrogen and oxygen atoms in total. The normalized spacial score (nSPS) is 16.1. The molecular formula is C26H21F3N6O6. The number of rotatable bonds is 6. The molecule has 4 aromatic rings. The van der Waals surface area contributed by atoms with E-state index < -0.39 is 47.7 Å². The summed E-state index contributed by atoms with van der Waals surface area (Å²) in [6, 6.07) is 10.6. The first-order valence-electron chi connectivity index (χ1n) is 11.8. The van der Waals surface area contributed by atoms with E-state index in [-0.39, 0.29) is 16.9 Å². The summed E-state index contributed by atoms with van der Waals surface area (Å²) in [5.41, 5.74) is 0.805. The average Bonchev–Trinajstić information content (AvgIpc) is 3.30. The van der Waals surface area contributed by atoms with E-state index in [2.05, 4.69) is 15.2 Å². The molecule has 5 N–H and O–H groups in total. The van der Waals surface area contributed by atoms with Gasteiger partial charge >= 0.3 is 12.1 Å². The highest BCUT2D eigenvalue weighted by molar-refractivity contribution is 5.80. The largest absolute Gasteiger partial charge is 0.505 e. The van der Waals surface area contributed by atoms with Gasteiger partial charge in [0.15, 0.2) is 23.0 Å². The maximum Gasteiger partial charge on any atom is 0.416 e. The molecule has 15 heteroatoms. The minimum Gasteiger partial charge on any atom is -0.505 e. The molecule has 1 aliphatic heterocycles. The number of ether oxygens (including phenoxy) is 2. The van der Waals surface area contributed by atoms with E-state index in [4.69, 9.17) is 14.9 Å². The van der Waals surface area contributed by atoms with Crippen molar-refractivity contribution in [2.24, 2.45) is 5.10 Å². The topological polar surface area (TPSA) is 171 Å². The van der Waals surface area contributed by atoms with Crippen molar-refractivity contribution in [3.63, 3.8) is 0 Å². The minimum absolute atomic E-state index is 0.0479. The second kappa shape index (κ2) is 10.3. The summed E-state index contributed by atoms with van der Waals surface area (Å²) in [6.45, 7) is 0.982. The number of nitrogens with zero attached hydrogens (tertiary/aromatic N) is 5. The van der Waals surface area contributed by atoms with Crippen molar-refractivity contribution in [2.75, 3.05) is 6.61 Å². The molecule has 0 bridgehead atoms. The molecule has 0 saturated carbocycles. The summed E-state index contributed by atoms with van der Waals surface area (Å²) in [5.74, 6) is -2.76. The molecule has 0 amide bonds. The monoisotopic (exact) mass is 570 g/mol. The van der Waals surface area contributed by atoms with Gasteiger partial charge in [-0.05, 0) is 61.0 Å². The Kier molecular flexibility index (Phi) is 6.88. The fourth-order valence-corrected chi connectivity index (χ4v) is 3.92. The number of alkyl halides is 3. The highest BCUT2D eigenvalue weighted by atomic mass is 19.4. The van der Waals surface area contributed by atoms with E-state index in [1.165, 1.54) is 46.2 Å². The van der Waals surface area contributed by atoms with E-state index in [9.17, 15) is 33.6 Å². The quantitative estimate of drug-likeness (QED) is 0.218. The summed E-state index contributed by atoms with van der Waals surface area (Å²) in [6.07, 6.45) is -3.05. The maximum atomic E-state index is 12.9. The van der Waals surface area contributed by atoms with Crippen LogP contribution in [0.4, 0.5) is 13.2 Å². The number of aromatic nitrogens is 4. The molecule has 2 aromatic heterocycles. The Balaban J connectivity index is 1.36. The van der Waals surface area contributed by atoms with Gasteiger partial charge in [0.1, 0.15) is 12.1 Å². The molecule has 2 aromatic carbocycles. The van der Waals surface area contributed by atoms with Crippen LogP contribution in [0.1, 0.15) is 16.8 Å². The zero-order valence-electron chi connectivity index (χ0n) is 21.0. The number of aliphatic hydroxyl groups is 4. The molecule has 212 valence electrons. The minimum atomic E-state index is -4.47. The van der Waals surface area contributed by atoms with Crippen LogP contribution in [0.25, 0.3) is 16.7 Å². The van der Waals surface area contributed by atoms with Gasteiger partial charge in [-0.2, -0.15) is 23.4 Å². The van der Waals surface area contributed by atoms with Crippen molar-refractivity contribution < 1.29 is 43.1 Å². The fraction of sp³-hybridized carbons (Fsp3) is 0.154. The van der Waals surface area contributed by atoms with Crippen molar-refractivity contribution >= 4 is 17.2 Å². The van der Waals surface area contributed by atoms with E-state index >= 15 is 0 Å². The summed E-state index contributed by atoms with van der Waals surface area (Å²) in [7, 11) is 0. The van der Waals surface area contributed by atoms with Crippen LogP contribution in [0.15, 0.2) is 83.2 Å². The number of halogens is 3. The Morgan fingerprint density at radius 2 is 1.76 bits per heavy atom. The zero-order valence-corrected chi connectivity index (χ0v) is 21.0. The fourth-order valence-electron chi connectivity index (χ4n) is 3.92. The summed E-state index contributed by atoms with van der Waals surface area (Å²) < 4.78 is 51.9. The standard InChI is InChI=1S/C26H21F3N6O6/c1-13-19-23(30)34(12-31-24(19)35(33-13)16-6-4-15(5-7-16)26(27,28)29)32-10-14-2-8-17(9-3-14)40-25-22(39)21(38)20(37)18(11-36)41-25/h2-10,12,18,30,36-39H,11H2,1H3/b30-23?,32-10-. The van der Waals surface area contributed by atoms with Crippen molar-refractivity contribution in [2.45, 2.75) is 19.2 Å². The van der Waals surface area contributed by atoms with Gasteiger partial charge in [0, 0.05) is 0 Å². The summed E-state index contributed by atoms with van der Waals surface area (Å²) in [4.78, 5) is 4.32. The van der Waals surface area contributed by atoms with Gasteiger partial charge in [-0.1, -0.05) is 0 Å². The molecular weight excluding hydrogens is 549 g/mol. The van der Waals surface area contributed by atoms with Crippen LogP contribution in [-0.2, 0) is 10.9 Å². The van der Waals surface area contributed by atoms with Crippen molar-refractivity contribution in [3.8, 4) is 11.4 Å². The van der Waals surface area contributed by atoms with E-state index in [1.807, 2.05) is 0 Å². The Bertz CT molecular complexity index is 1770. The van der Waals surface area contributed by atoms with Gasteiger partial charge in [-0.15, -0.1) is 0 Å². The number of nitrogens with one attached hydrogen (secondary N) is 1. The first-order valence-corrected chi connectivity index (χ1v) is 11.8. The van der Waals surface area contributed by atoms with Gasteiger partial charge < -0.3 is 29.9 Å². The average molecular weight is 570 g/mol. The third-order valence-electron chi connectivity index (χ3n) is 6.03. The van der Waals surface area contributed by atoms with Crippen molar-refractivity contribution in [1.29, 1.82) is 5.41 Å². The molecule has 1 atom stereocenters. The highest BCUT2D eigenvalue weighted by Crippen LogP contribution is 2.30. The molecule has 0 spiro atoms. The molecule has 3 heterocycles. The second-order valence-electron chi connectivity index (χ2n) is 8.75. The van der Waals surface area contributed by atoms with Crippen LogP contribution in [0.3, 0.4) is 0 Å². The number of fused-ring (bicyclic) bond motifs is 1. The zero-order chi connectivity index (χ0) is 29.5. The Labute approximate surface area is 228 Å². The SMILES string of the molecule is Cc1nn(-c2ccc(C(F)(F)F)cc2)c2ncn(/N=C\c3ccc(OC4=C(O)C(O)=C(O)C(CO)O4)cc3)c(=N)c12. The smallest absolute Gasteiger partial charge is 0.416 e. The highest BCUT2D eigenvalue weighted by Gasteiger charge is 2.32. The lowest BCUT2D eigenvalue weighted by molar-refractivity contribution is -0.137. The molecule has 0 saturated heterocycles. The van der Waals surface area contributed by atoms with Crippen molar-refractivity contribution in [3.05, 3.63) is 100 Å². The van der Waals surface area contributed by atoms with E-state index in [1.54, 1.807) is 19.1 Å². The number of hydrogen-bond acceptors (Lipinski definition) is 10. The Morgan fingerprint density at radius 3 is 2.39 bits per heavy atom. The van der Waals surface area contributed by atoms with E-state index in [0.717, 1.165) is 12.1 Å². The number of aliphatic hydroxyl groups excluding tert-OH is 4. The molecule has 1 unspecified atom stereocenters. The maximum absolute atomic E-state index is 12.9. The lowest BCUT2D eigenvalue weighted by Crippen LogP contribution is -2.28. The lowest BCUT2D eigenvalue weighted by Gasteiger charge is -2.23. The van der Waals surface area contributed by atoms with Gasteiger partial charge in [0.2, 0.25) is 11.5 Å². The van der Waals surface area contributed by atoms with Crippen LogP contribution < -0.4 is 10.2 Å². The van der Waals surface area contributed by atoms with Crippen LogP contribution in [-0.4, -0.2) is 58.8 Å². The molecule has 0 aliphatic carbocycles. The van der Waals surface area contributed by atoms with Crippen molar-refractivity contribution in [1.82, 2.24) is 19.4 Å². The van der Waals surface area contributed by atoms with Crippen LogP contribution >= 0.6 is 0 Å². The van der Waals surface area contributed by atoms with Gasteiger partial charge in [0.25, 0.3) is 0 Å².